The number of furan rings is 1. The van der Waals surface area contributed by atoms with Crippen molar-refractivity contribution in [1.29, 1.82) is 0 Å². The summed E-state index contributed by atoms with van der Waals surface area (Å²) in [6.45, 7) is 1.65. The Morgan fingerprint density at radius 2 is 2.15 bits per heavy atom. The second-order valence-electron chi connectivity index (χ2n) is 5.13. The van der Waals surface area contributed by atoms with Crippen molar-refractivity contribution in [3.63, 3.8) is 0 Å². The first-order valence-corrected chi connectivity index (χ1v) is 9.90. The number of aryl methyl sites for hydroxylation is 1. The normalized spacial score (nSPS) is 11.0. The largest absolute Gasteiger partial charge is 0.451 e. The van der Waals surface area contributed by atoms with Crippen LogP contribution in [0.15, 0.2) is 42.5 Å². The summed E-state index contributed by atoms with van der Waals surface area (Å²) < 4.78 is 16.6. The highest BCUT2D eigenvalue weighted by Crippen LogP contribution is 2.30. The molecule has 10 heteroatoms. The van der Waals surface area contributed by atoms with E-state index >= 15 is 0 Å². The van der Waals surface area contributed by atoms with Gasteiger partial charge in [-0.05, 0) is 46.4 Å². The van der Waals surface area contributed by atoms with Gasteiger partial charge in [-0.1, -0.05) is 0 Å². The first kappa shape index (κ1) is 17.1. The number of aromatic nitrogens is 3. The Morgan fingerprint density at radius 1 is 1.27 bits per heavy atom. The maximum Gasteiger partial charge on any atom is 0.350 e. The van der Waals surface area contributed by atoms with Gasteiger partial charge in [0.2, 0.25) is 0 Å². The highest BCUT2D eigenvalue weighted by molar-refractivity contribution is 9.10. The SMILES string of the molecule is Cc1nc(-c2ccsc2)sc1C(=O)OCc1nnc(-c2ccc(Br)o2)o1. The van der Waals surface area contributed by atoms with Crippen molar-refractivity contribution in [2.24, 2.45) is 0 Å². The van der Waals surface area contributed by atoms with E-state index in [0.717, 1.165) is 10.6 Å². The Balaban J connectivity index is 1.44. The fourth-order valence-corrected chi connectivity index (χ4v) is 4.11. The third kappa shape index (κ3) is 3.48. The minimum atomic E-state index is -0.470. The molecule has 0 radical (unpaired) electrons. The highest BCUT2D eigenvalue weighted by atomic mass is 79.9. The van der Waals surface area contributed by atoms with Gasteiger partial charge >= 0.3 is 5.97 Å². The van der Waals surface area contributed by atoms with Crippen molar-refractivity contribution < 1.29 is 18.4 Å². The van der Waals surface area contributed by atoms with Crippen LogP contribution in [-0.2, 0) is 11.3 Å². The first-order valence-electron chi connectivity index (χ1n) is 7.35. The molecule has 0 atom stereocenters. The van der Waals surface area contributed by atoms with E-state index in [1.807, 2.05) is 16.8 Å². The van der Waals surface area contributed by atoms with E-state index in [9.17, 15) is 4.79 Å². The number of carbonyl (C=O) groups is 1. The lowest BCUT2D eigenvalue weighted by Gasteiger charge is -1.99. The van der Waals surface area contributed by atoms with Crippen LogP contribution in [0.5, 0.6) is 0 Å². The van der Waals surface area contributed by atoms with Crippen molar-refractivity contribution in [1.82, 2.24) is 15.2 Å². The number of thiazole rings is 1. The molecule has 0 saturated heterocycles. The molecule has 0 aliphatic carbocycles. The number of thiophene rings is 1. The van der Waals surface area contributed by atoms with Gasteiger partial charge in [-0.25, -0.2) is 9.78 Å². The summed E-state index contributed by atoms with van der Waals surface area (Å²) >= 11 is 6.08. The highest BCUT2D eigenvalue weighted by Gasteiger charge is 2.19. The van der Waals surface area contributed by atoms with E-state index in [2.05, 4.69) is 31.1 Å². The van der Waals surface area contributed by atoms with Gasteiger partial charge in [-0.15, -0.1) is 21.5 Å². The Kier molecular flexibility index (Phi) is 4.70. The van der Waals surface area contributed by atoms with E-state index in [4.69, 9.17) is 13.6 Å². The molecule has 0 N–H and O–H groups in total. The van der Waals surface area contributed by atoms with Crippen LogP contribution in [-0.4, -0.2) is 21.2 Å². The lowest BCUT2D eigenvalue weighted by atomic mass is 10.3. The van der Waals surface area contributed by atoms with Gasteiger partial charge in [0, 0.05) is 10.9 Å². The van der Waals surface area contributed by atoms with Crippen molar-refractivity contribution in [3.05, 3.63) is 50.1 Å². The minimum Gasteiger partial charge on any atom is -0.451 e. The molecule has 26 heavy (non-hydrogen) atoms. The zero-order valence-corrected chi connectivity index (χ0v) is 16.5. The van der Waals surface area contributed by atoms with Crippen LogP contribution in [0, 0.1) is 6.92 Å². The summed E-state index contributed by atoms with van der Waals surface area (Å²) in [6.07, 6.45) is 0. The molecule has 0 bridgehead atoms. The monoisotopic (exact) mass is 451 g/mol. The average Bonchev–Trinajstić information content (AvgIpc) is 3.39. The molecule has 0 amide bonds. The maximum absolute atomic E-state index is 12.3. The Labute approximate surface area is 163 Å². The van der Waals surface area contributed by atoms with Gasteiger partial charge < -0.3 is 13.6 Å². The van der Waals surface area contributed by atoms with Crippen LogP contribution in [0.25, 0.3) is 22.2 Å². The van der Waals surface area contributed by atoms with Gasteiger partial charge in [-0.2, -0.15) is 11.3 Å². The summed E-state index contributed by atoms with van der Waals surface area (Å²) in [5.41, 5.74) is 1.63. The number of hydrogen-bond acceptors (Lipinski definition) is 9. The van der Waals surface area contributed by atoms with Crippen LogP contribution in [0.4, 0.5) is 0 Å². The Bertz CT molecular complexity index is 1050. The number of hydrogen-bond donors (Lipinski definition) is 0. The van der Waals surface area contributed by atoms with Crippen LogP contribution in [0.1, 0.15) is 21.3 Å². The third-order valence-electron chi connectivity index (χ3n) is 3.33. The molecule has 0 aromatic carbocycles. The molecule has 0 fully saturated rings. The molecule has 4 aromatic heterocycles. The van der Waals surface area contributed by atoms with Gasteiger partial charge in [0.25, 0.3) is 11.8 Å². The summed E-state index contributed by atoms with van der Waals surface area (Å²) in [6, 6.07) is 5.38. The average molecular weight is 452 g/mol. The molecule has 0 aliphatic rings. The van der Waals surface area contributed by atoms with Gasteiger partial charge in [0.1, 0.15) is 9.88 Å². The summed E-state index contributed by atoms with van der Waals surface area (Å²) in [5, 5.41) is 12.5. The van der Waals surface area contributed by atoms with Crippen molar-refractivity contribution in [3.8, 4) is 22.2 Å². The van der Waals surface area contributed by atoms with Crippen LogP contribution < -0.4 is 0 Å². The molecule has 0 spiro atoms. The predicted octanol–water partition coefficient (Wildman–Crippen LogP) is 4.94. The second kappa shape index (κ2) is 7.14. The van der Waals surface area contributed by atoms with Gasteiger partial charge in [0.15, 0.2) is 17.0 Å². The summed E-state index contributed by atoms with van der Waals surface area (Å²) in [7, 11) is 0. The molecule has 132 valence electrons. The van der Waals surface area contributed by atoms with Gasteiger partial charge in [0.05, 0.1) is 5.69 Å². The van der Waals surface area contributed by atoms with Crippen LogP contribution in [0.3, 0.4) is 0 Å². The standard InChI is InChI=1S/C16H10BrN3O4S2/c1-8-13(26-15(18-8)9-4-5-25-7-9)16(21)22-6-12-19-20-14(24-12)10-2-3-11(17)23-10/h2-5,7H,6H2,1H3. The molecule has 7 nitrogen and oxygen atoms in total. The maximum atomic E-state index is 12.3. The molecular formula is C16H10BrN3O4S2. The van der Waals surface area contributed by atoms with Crippen molar-refractivity contribution in [2.45, 2.75) is 13.5 Å². The smallest absolute Gasteiger partial charge is 0.350 e. The van der Waals surface area contributed by atoms with E-state index < -0.39 is 5.97 Å². The zero-order valence-electron chi connectivity index (χ0n) is 13.3. The molecule has 4 heterocycles. The predicted molar refractivity (Wildman–Crippen MR) is 99.0 cm³/mol. The van der Waals surface area contributed by atoms with Crippen LogP contribution in [0.2, 0.25) is 0 Å². The molecule has 0 aliphatic heterocycles. The topological polar surface area (TPSA) is 91.2 Å². The lowest BCUT2D eigenvalue weighted by Crippen LogP contribution is -2.05. The number of nitrogens with zero attached hydrogens (tertiary/aromatic N) is 3. The van der Waals surface area contributed by atoms with E-state index in [0.29, 0.717) is 21.0 Å². The lowest BCUT2D eigenvalue weighted by molar-refractivity contribution is 0.0443. The second-order valence-corrected chi connectivity index (χ2v) is 7.69. The molecule has 0 saturated carbocycles. The van der Waals surface area contributed by atoms with Crippen molar-refractivity contribution in [2.75, 3.05) is 0 Å². The molecule has 4 rings (SSSR count). The Morgan fingerprint density at radius 3 is 2.88 bits per heavy atom. The fraction of sp³-hybridized carbons (Fsp3) is 0.125. The van der Waals surface area contributed by atoms with E-state index in [1.165, 1.54) is 11.3 Å². The molecular weight excluding hydrogens is 442 g/mol. The zero-order chi connectivity index (χ0) is 18.1. The third-order valence-corrected chi connectivity index (χ3v) is 5.62. The Hall–Kier alpha value is -2.30. The quantitative estimate of drug-likeness (QED) is 0.396. The number of esters is 1. The van der Waals surface area contributed by atoms with Crippen LogP contribution >= 0.6 is 38.6 Å². The summed E-state index contributed by atoms with van der Waals surface area (Å²) in [4.78, 5) is 17.2. The van der Waals surface area contributed by atoms with Gasteiger partial charge in [-0.3, -0.25) is 0 Å². The summed E-state index contributed by atoms with van der Waals surface area (Å²) in [5.74, 6) is 0.360. The first-order chi connectivity index (χ1) is 12.6. The van der Waals surface area contributed by atoms with E-state index in [1.54, 1.807) is 30.4 Å². The fourth-order valence-electron chi connectivity index (χ4n) is 2.13. The molecule has 4 aromatic rings. The number of ether oxygens (including phenoxy) is 1. The number of halogens is 1. The minimum absolute atomic E-state index is 0.126. The van der Waals surface area contributed by atoms with E-state index in [-0.39, 0.29) is 18.4 Å². The number of carbonyl (C=O) groups excluding carboxylic acids is 1. The van der Waals surface area contributed by atoms with Crippen molar-refractivity contribution >= 4 is 44.6 Å². The molecule has 0 unspecified atom stereocenters. The number of rotatable bonds is 5.